The van der Waals surface area contributed by atoms with Crippen LogP contribution in [0.15, 0.2) is 0 Å². The second-order valence-corrected chi connectivity index (χ2v) is 7.62. The largest absolute Gasteiger partial charge is 0.381 e. The van der Waals surface area contributed by atoms with Gasteiger partial charge in [0.15, 0.2) is 0 Å². The summed E-state index contributed by atoms with van der Waals surface area (Å²) in [6.45, 7) is 6.56. The molecule has 0 saturated heterocycles. The summed E-state index contributed by atoms with van der Waals surface area (Å²) in [4.78, 5) is 0. The van der Waals surface area contributed by atoms with Crippen molar-refractivity contribution in [2.24, 2.45) is 0 Å². The van der Waals surface area contributed by atoms with E-state index in [4.69, 9.17) is 4.74 Å². The lowest BCUT2D eigenvalue weighted by molar-refractivity contribution is 0.125. The predicted molar refractivity (Wildman–Crippen MR) is 110 cm³/mol. The van der Waals surface area contributed by atoms with Crippen LogP contribution in [0.2, 0.25) is 0 Å². The van der Waals surface area contributed by atoms with E-state index in [2.05, 4.69) is 13.8 Å². The highest BCUT2D eigenvalue weighted by Gasteiger charge is 1.95. The third-order valence-corrected chi connectivity index (χ3v) is 5.03. The topological polar surface area (TPSA) is 9.23 Å². The van der Waals surface area contributed by atoms with E-state index < -0.39 is 0 Å². The average molecular weight is 341 g/mol. The third kappa shape index (κ3) is 22.0. The van der Waals surface area contributed by atoms with E-state index in [0.717, 1.165) is 13.2 Å². The molecule has 0 fully saturated rings. The number of unbranched alkanes of at least 4 members (excludes halogenated alkanes) is 17. The highest BCUT2D eigenvalue weighted by atomic mass is 16.5. The Bertz CT molecular complexity index is 180. The molecular weight excluding hydrogens is 292 g/mol. The number of hydrogen-bond acceptors (Lipinski definition) is 1. The molecule has 0 saturated carbocycles. The van der Waals surface area contributed by atoms with Gasteiger partial charge in [-0.15, -0.1) is 0 Å². The Balaban J connectivity index is 2.93. The molecule has 0 aliphatic heterocycles. The van der Waals surface area contributed by atoms with Crippen molar-refractivity contribution < 1.29 is 4.74 Å². The molecule has 0 aliphatic rings. The Morgan fingerprint density at radius 3 is 0.875 bits per heavy atom. The highest BCUT2D eigenvalue weighted by molar-refractivity contribution is 4.49. The minimum Gasteiger partial charge on any atom is -0.381 e. The lowest BCUT2D eigenvalue weighted by Crippen LogP contribution is -1.97. The van der Waals surface area contributed by atoms with E-state index in [0.29, 0.717) is 0 Å². The van der Waals surface area contributed by atoms with Crippen LogP contribution >= 0.6 is 0 Å². The number of rotatable bonds is 21. The molecule has 0 radical (unpaired) electrons. The molecule has 0 spiro atoms. The van der Waals surface area contributed by atoms with Gasteiger partial charge < -0.3 is 4.74 Å². The zero-order valence-corrected chi connectivity index (χ0v) is 17.3. The third-order valence-electron chi connectivity index (χ3n) is 5.03. The Labute approximate surface area is 154 Å². The summed E-state index contributed by atoms with van der Waals surface area (Å²) in [5.41, 5.74) is 0. The van der Waals surface area contributed by atoms with Gasteiger partial charge in [-0.25, -0.2) is 0 Å². The van der Waals surface area contributed by atoms with Crippen molar-refractivity contribution >= 4 is 0 Å². The van der Waals surface area contributed by atoms with Crippen molar-refractivity contribution in [3.63, 3.8) is 0 Å². The van der Waals surface area contributed by atoms with Gasteiger partial charge in [-0.1, -0.05) is 123 Å². The van der Waals surface area contributed by atoms with E-state index in [1.54, 1.807) is 0 Å². The predicted octanol–water partition coefficient (Wildman–Crippen LogP) is 8.45. The van der Waals surface area contributed by atoms with Crippen LogP contribution in [0.5, 0.6) is 0 Å². The maximum atomic E-state index is 5.75. The van der Waals surface area contributed by atoms with Gasteiger partial charge >= 0.3 is 0 Å². The van der Waals surface area contributed by atoms with Crippen molar-refractivity contribution in [2.45, 2.75) is 136 Å². The molecule has 24 heavy (non-hydrogen) atoms. The van der Waals surface area contributed by atoms with Gasteiger partial charge in [-0.2, -0.15) is 0 Å². The molecule has 0 aliphatic carbocycles. The van der Waals surface area contributed by atoms with Gasteiger partial charge in [0.25, 0.3) is 0 Å². The molecule has 0 unspecified atom stereocenters. The molecular formula is C23H48O. The number of hydrogen-bond donors (Lipinski definition) is 0. The fourth-order valence-electron chi connectivity index (χ4n) is 3.31. The van der Waals surface area contributed by atoms with Crippen LogP contribution in [0, 0.1) is 0 Å². The van der Waals surface area contributed by atoms with Crippen LogP contribution in [0.25, 0.3) is 0 Å². The molecule has 1 nitrogen and oxygen atoms in total. The van der Waals surface area contributed by atoms with Crippen molar-refractivity contribution in [3.05, 3.63) is 0 Å². The Kier molecular flexibility index (Phi) is 22.9. The van der Waals surface area contributed by atoms with Crippen molar-refractivity contribution in [3.8, 4) is 0 Å². The fourth-order valence-corrected chi connectivity index (χ4v) is 3.31. The molecule has 0 N–H and O–H groups in total. The smallest absolute Gasteiger partial charge is 0.0466 e. The second kappa shape index (κ2) is 23.0. The van der Waals surface area contributed by atoms with Crippen LogP contribution in [0.3, 0.4) is 0 Å². The Hall–Kier alpha value is -0.0400. The molecule has 0 atom stereocenters. The van der Waals surface area contributed by atoms with Crippen molar-refractivity contribution in [1.82, 2.24) is 0 Å². The summed E-state index contributed by atoms with van der Waals surface area (Å²) in [6, 6.07) is 0. The molecule has 146 valence electrons. The van der Waals surface area contributed by atoms with Crippen LogP contribution < -0.4 is 0 Å². The summed E-state index contributed by atoms with van der Waals surface area (Å²) < 4.78 is 5.75. The summed E-state index contributed by atoms with van der Waals surface area (Å²) >= 11 is 0. The normalized spacial score (nSPS) is 11.2. The average Bonchev–Trinajstić information content (AvgIpc) is 2.60. The van der Waals surface area contributed by atoms with Crippen LogP contribution in [-0.4, -0.2) is 13.2 Å². The first kappa shape index (κ1) is 24.0. The van der Waals surface area contributed by atoms with Crippen molar-refractivity contribution in [2.75, 3.05) is 13.2 Å². The molecule has 0 aromatic rings. The lowest BCUT2D eigenvalue weighted by atomic mass is 10.1. The highest BCUT2D eigenvalue weighted by Crippen LogP contribution is 2.12. The molecule has 0 heterocycles. The van der Waals surface area contributed by atoms with Gasteiger partial charge in [0.1, 0.15) is 0 Å². The number of ether oxygens (including phenoxy) is 1. The molecule has 0 bridgehead atoms. The van der Waals surface area contributed by atoms with Crippen LogP contribution in [0.1, 0.15) is 136 Å². The lowest BCUT2D eigenvalue weighted by Gasteiger charge is -2.05. The van der Waals surface area contributed by atoms with Crippen LogP contribution in [0.4, 0.5) is 0 Å². The maximum absolute atomic E-state index is 5.75. The van der Waals surface area contributed by atoms with Gasteiger partial charge in [-0.3, -0.25) is 0 Å². The molecule has 0 aromatic carbocycles. The first-order chi connectivity index (χ1) is 11.9. The summed E-state index contributed by atoms with van der Waals surface area (Å²) in [6.07, 6.45) is 26.7. The summed E-state index contributed by atoms with van der Waals surface area (Å²) in [7, 11) is 0. The minimum absolute atomic E-state index is 0.992. The van der Waals surface area contributed by atoms with Crippen molar-refractivity contribution in [1.29, 1.82) is 0 Å². The summed E-state index contributed by atoms with van der Waals surface area (Å²) in [5, 5.41) is 0. The quantitative estimate of drug-likeness (QED) is 0.190. The SMILES string of the molecule is CCCCCCCCCCCCCCOCCCCCCCCC. The Morgan fingerprint density at radius 2 is 0.583 bits per heavy atom. The Morgan fingerprint density at radius 1 is 0.333 bits per heavy atom. The molecule has 1 heteroatoms. The van der Waals surface area contributed by atoms with Gasteiger partial charge in [0.05, 0.1) is 0 Å². The van der Waals surface area contributed by atoms with Gasteiger partial charge in [0.2, 0.25) is 0 Å². The van der Waals surface area contributed by atoms with Crippen LogP contribution in [-0.2, 0) is 4.74 Å². The zero-order chi connectivity index (χ0) is 17.6. The van der Waals surface area contributed by atoms with Gasteiger partial charge in [-0.05, 0) is 12.8 Å². The first-order valence-corrected chi connectivity index (χ1v) is 11.5. The van der Waals surface area contributed by atoms with E-state index in [9.17, 15) is 0 Å². The monoisotopic (exact) mass is 340 g/mol. The molecule has 0 rings (SSSR count). The fraction of sp³-hybridized carbons (Fsp3) is 1.00. The van der Waals surface area contributed by atoms with Gasteiger partial charge in [0, 0.05) is 13.2 Å². The van der Waals surface area contributed by atoms with E-state index in [-0.39, 0.29) is 0 Å². The maximum Gasteiger partial charge on any atom is 0.0466 e. The second-order valence-electron chi connectivity index (χ2n) is 7.62. The van der Waals surface area contributed by atoms with E-state index in [1.165, 1.54) is 122 Å². The first-order valence-electron chi connectivity index (χ1n) is 11.5. The minimum atomic E-state index is 0.992. The standard InChI is InChI=1S/C23H48O/c1-3-5-7-9-11-12-13-14-15-17-19-21-23-24-22-20-18-16-10-8-6-4-2/h3-23H2,1-2H3. The summed E-state index contributed by atoms with van der Waals surface area (Å²) in [5.74, 6) is 0. The van der Waals surface area contributed by atoms with E-state index in [1.807, 2.05) is 0 Å². The molecule has 0 aromatic heterocycles. The molecule has 0 amide bonds. The zero-order valence-electron chi connectivity index (χ0n) is 17.3. The van der Waals surface area contributed by atoms with E-state index >= 15 is 0 Å².